The summed E-state index contributed by atoms with van der Waals surface area (Å²) in [5, 5.41) is 11.8. The number of hydrogen-bond acceptors (Lipinski definition) is 7. The van der Waals surface area contributed by atoms with E-state index in [1.807, 2.05) is 0 Å². The third-order valence-electron chi connectivity index (χ3n) is 2.79. The SMILES string of the molecule is O=[N+]([O-])c1ccc(-c2cnc(N3CCOCC3)s2)s1. The molecule has 0 spiro atoms. The second-order valence-electron chi connectivity index (χ2n) is 4.00. The third-order valence-corrected chi connectivity index (χ3v) is 5.08. The normalized spacial score (nSPS) is 15.7. The summed E-state index contributed by atoms with van der Waals surface area (Å²) in [6, 6.07) is 3.31. The van der Waals surface area contributed by atoms with Crippen LogP contribution in [0.3, 0.4) is 0 Å². The number of ether oxygens (including phenoxy) is 1. The lowest BCUT2D eigenvalue weighted by Crippen LogP contribution is -2.36. The molecule has 1 aliphatic heterocycles. The van der Waals surface area contributed by atoms with Crippen molar-refractivity contribution in [2.75, 3.05) is 31.2 Å². The van der Waals surface area contributed by atoms with Gasteiger partial charge >= 0.3 is 5.00 Å². The predicted molar refractivity (Wildman–Crippen MR) is 75.1 cm³/mol. The smallest absolute Gasteiger partial charge is 0.324 e. The first-order valence-electron chi connectivity index (χ1n) is 5.77. The van der Waals surface area contributed by atoms with Crippen LogP contribution in [0.5, 0.6) is 0 Å². The Morgan fingerprint density at radius 1 is 1.26 bits per heavy atom. The molecule has 19 heavy (non-hydrogen) atoms. The maximum atomic E-state index is 10.7. The summed E-state index contributed by atoms with van der Waals surface area (Å²) < 4.78 is 5.30. The van der Waals surface area contributed by atoms with Crippen LogP contribution >= 0.6 is 22.7 Å². The number of aromatic nitrogens is 1. The minimum absolute atomic E-state index is 0.163. The van der Waals surface area contributed by atoms with Crippen molar-refractivity contribution in [1.82, 2.24) is 4.98 Å². The van der Waals surface area contributed by atoms with Gasteiger partial charge in [-0.15, -0.1) is 0 Å². The van der Waals surface area contributed by atoms with Crippen molar-refractivity contribution in [3.8, 4) is 9.75 Å². The van der Waals surface area contributed by atoms with Crippen molar-refractivity contribution in [3.63, 3.8) is 0 Å². The molecule has 100 valence electrons. The first kappa shape index (κ1) is 12.5. The predicted octanol–water partition coefficient (Wildman–Crippen LogP) is 2.62. The van der Waals surface area contributed by atoms with Crippen LogP contribution in [-0.4, -0.2) is 36.2 Å². The number of morpholine rings is 1. The van der Waals surface area contributed by atoms with Crippen molar-refractivity contribution in [1.29, 1.82) is 0 Å². The van der Waals surface area contributed by atoms with Crippen LogP contribution < -0.4 is 4.90 Å². The Morgan fingerprint density at radius 3 is 2.74 bits per heavy atom. The number of thiophene rings is 1. The number of hydrogen-bond donors (Lipinski definition) is 0. The van der Waals surface area contributed by atoms with E-state index >= 15 is 0 Å². The van der Waals surface area contributed by atoms with Crippen molar-refractivity contribution >= 4 is 32.8 Å². The highest BCUT2D eigenvalue weighted by molar-refractivity contribution is 7.25. The molecule has 8 heteroatoms. The minimum Gasteiger partial charge on any atom is -0.378 e. The van der Waals surface area contributed by atoms with E-state index in [0.717, 1.165) is 41.2 Å². The fourth-order valence-electron chi connectivity index (χ4n) is 1.84. The van der Waals surface area contributed by atoms with E-state index in [9.17, 15) is 10.1 Å². The Balaban J connectivity index is 1.81. The van der Waals surface area contributed by atoms with Gasteiger partial charge in [-0.3, -0.25) is 10.1 Å². The molecule has 0 amide bonds. The Labute approximate surface area is 117 Å². The van der Waals surface area contributed by atoms with E-state index in [0.29, 0.717) is 0 Å². The summed E-state index contributed by atoms with van der Waals surface area (Å²) in [4.78, 5) is 18.8. The zero-order valence-electron chi connectivity index (χ0n) is 9.94. The molecule has 0 N–H and O–H groups in total. The molecule has 2 aromatic heterocycles. The fraction of sp³-hybridized carbons (Fsp3) is 0.364. The van der Waals surface area contributed by atoms with Gasteiger partial charge < -0.3 is 9.64 Å². The molecule has 0 radical (unpaired) electrons. The third kappa shape index (κ3) is 2.60. The molecule has 0 saturated carbocycles. The molecule has 1 fully saturated rings. The van der Waals surface area contributed by atoms with Crippen molar-refractivity contribution < 1.29 is 9.66 Å². The van der Waals surface area contributed by atoms with Gasteiger partial charge in [-0.1, -0.05) is 22.7 Å². The van der Waals surface area contributed by atoms with Gasteiger partial charge in [-0.05, 0) is 6.07 Å². The first-order chi connectivity index (χ1) is 9.24. The molecule has 0 unspecified atom stereocenters. The van der Waals surface area contributed by atoms with Crippen LogP contribution in [0, 0.1) is 10.1 Å². The Bertz CT molecular complexity index is 590. The first-order valence-corrected chi connectivity index (χ1v) is 7.40. The Hall–Kier alpha value is -1.51. The van der Waals surface area contributed by atoms with Crippen molar-refractivity contribution in [3.05, 3.63) is 28.4 Å². The second kappa shape index (κ2) is 5.24. The maximum absolute atomic E-state index is 10.7. The zero-order valence-corrected chi connectivity index (χ0v) is 11.6. The molecular formula is C11H11N3O3S2. The summed E-state index contributed by atoms with van der Waals surface area (Å²) in [5.41, 5.74) is 0. The van der Waals surface area contributed by atoms with E-state index in [2.05, 4.69) is 9.88 Å². The molecule has 1 aliphatic rings. The highest BCUT2D eigenvalue weighted by Gasteiger charge is 2.17. The van der Waals surface area contributed by atoms with Gasteiger partial charge in [0, 0.05) is 25.4 Å². The zero-order chi connectivity index (χ0) is 13.2. The quantitative estimate of drug-likeness (QED) is 0.643. The van der Waals surface area contributed by atoms with Gasteiger partial charge in [0.2, 0.25) is 0 Å². The number of nitro groups is 1. The van der Waals surface area contributed by atoms with Crippen LogP contribution in [0.25, 0.3) is 9.75 Å². The standard InChI is InChI=1S/C11H11N3O3S2/c15-14(16)10-2-1-8(18-10)9-7-12-11(19-9)13-3-5-17-6-4-13/h1-2,7H,3-6H2. The highest BCUT2D eigenvalue weighted by atomic mass is 32.1. The maximum Gasteiger partial charge on any atom is 0.324 e. The number of rotatable bonds is 3. The lowest BCUT2D eigenvalue weighted by molar-refractivity contribution is -0.380. The molecule has 0 bridgehead atoms. The van der Waals surface area contributed by atoms with Gasteiger partial charge in [0.05, 0.1) is 27.9 Å². The van der Waals surface area contributed by atoms with E-state index in [4.69, 9.17) is 4.74 Å². The average Bonchev–Trinajstić information content (AvgIpc) is 3.09. The molecule has 0 aromatic carbocycles. The van der Waals surface area contributed by atoms with E-state index < -0.39 is 0 Å². The molecular weight excluding hydrogens is 286 g/mol. The number of nitrogens with zero attached hydrogens (tertiary/aromatic N) is 3. The minimum atomic E-state index is -0.363. The van der Waals surface area contributed by atoms with E-state index in [1.54, 1.807) is 23.6 Å². The van der Waals surface area contributed by atoms with Gasteiger partial charge in [0.1, 0.15) is 0 Å². The summed E-state index contributed by atoms with van der Waals surface area (Å²) >= 11 is 2.75. The van der Waals surface area contributed by atoms with Crippen LogP contribution in [0.1, 0.15) is 0 Å². The second-order valence-corrected chi connectivity index (χ2v) is 6.07. The van der Waals surface area contributed by atoms with Crippen LogP contribution in [0.2, 0.25) is 0 Å². The molecule has 1 saturated heterocycles. The van der Waals surface area contributed by atoms with E-state index in [1.165, 1.54) is 17.4 Å². The molecule has 6 nitrogen and oxygen atoms in total. The summed E-state index contributed by atoms with van der Waals surface area (Å²) in [6.07, 6.45) is 1.78. The summed E-state index contributed by atoms with van der Waals surface area (Å²) in [6.45, 7) is 3.13. The molecule has 3 rings (SSSR count). The molecule has 0 atom stereocenters. The average molecular weight is 297 g/mol. The fourth-order valence-corrected chi connectivity index (χ4v) is 3.70. The van der Waals surface area contributed by atoms with E-state index in [-0.39, 0.29) is 9.92 Å². The largest absolute Gasteiger partial charge is 0.378 e. The van der Waals surface area contributed by atoms with Crippen LogP contribution in [-0.2, 0) is 4.74 Å². The van der Waals surface area contributed by atoms with Crippen molar-refractivity contribution in [2.45, 2.75) is 0 Å². The number of anilines is 1. The van der Waals surface area contributed by atoms with Gasteiger partial charge in [-0.2, -0.15) is 0 Å². The van der Waals surface area contributed by atoms with Crippen LogP contribution in [0.15, 0.2) is 18.3 Å². The molecule has 2 aromatic rings. The highest BCUT2D eigenvalue weighted by Crippen LogP contribution is 2.37. The van der Waals surface area contributed by atoms with Gasteiger partial charge in [0.25, 0.3) is 0 Å². The molecule has 0 aliphatic carbocycles. The Kier molecular flexibility index (Phi) is 3.45. The monoisotopic (exact) mass is 297 g/mol. The molecule has 3 heterocycles. The number of thiazole rings is 1. The lowest BCUT2D eigenvalue weighted by atomic mass is 10.4. The lowest BCUT2D eigenvalue weighted by Gasteiger charge is -2.25. The topological polar surface area (TPSA) is 68.5 Å². The summed E-state index contributed by atoms with van der Waals surface area (Å²) in [7, 11) is 0. The van der Waals surface area contributed by atoms with Gasteiger partial charge in [0.15, 0.2) is 5.13 Å². The summed E-state index contributed by atoms with van der Waals surface area (Å²) in [5.74, 6) is 0. The Morgan fingerprint density at radius 2 is 2.05 bits per heavy atom. The van der Waals surface area contributed by atoms with Crippen molar-refractivity contribution in [2.24, 2.45) is 0 Å². The van der Waals surface area contributed by atoms with Crippen LogP contribution in [0.4, 0.5) is 10.1 Å². The van der Waals surface area contributed by atoms with Gasteiger partial charge in [-0.25, -0.2) is 4.98 Å².